The van der Waals surface area contributed by atoms with E-state index in [2.05, 4.69) is 20.6 Å². The minimum absolute atomic E-state index is 0.110. The molecule has 0 radical (unpaired) electrons. The zero-order valence-electron chi connectivity index (χ0n) is 19.5. The van der Waals surface area contributed by atoms with Crippen LogP contribution in [0.3, 0.4) is 0 Å². The van der Waals surface area contributed by atoms with Gasteiger partial charge in [0, 0.05) is 30.9 Å². The van der Waals surface area contributed by atoms with Crippen LogP contribution in [0.2, 0.25) is 0 Å². The van der Waals surface area contributed by atoms with Gasteiger partial charge in [0.1, 0.15) is 11.4 Å². The van der Waals surface area contributed by atoms with E-state index in [4.69, 9.17) is 11.5 Å². The lowest BCUT2D eigenvalue weighted by Gasteiger charge is -2.33. The molecule has 184 valence electrons. The van der Waals surface area contributed by atoms with Crippen molar-refractivity contribution >= 4 is 29.3 Å². The summed E-state index contributed by atoms with van der Waals surface area (Å²) in [5, 5.41) is 5.89. The fraction of sp³-hybridized carbons (Fsp3) is 0.478. The van der Waals surface area contributed by atoms with E-state index in [1.165, 1.54) is 17.0 Å². The lowest BCUT2D eigenvalue weighted by molar-refractivity contribution is 0.0768. The maximum absolute atomic E-state index is 14.4. The SMILES string of the molecule is CCN(CC)C(=O)c1cc(Nc2nc(NCC3(N)CCCCC3)[nH]c(=O)c2C(N)=O)ccc1F. The van der Waals surface area contributed by atoms with Crippen molar-refractivity contribution in [3.8, 4) is 0 Å². The number of hydrogen-bond acceptors (Lipinski definition) is 7. The number of H-pyrrole nitrogens is 1. The van der Waals surface area contributed by atoms with E-state index in [-0.39, 0.29) is 28.6 Å². The molecule has 0 aliphatic heterocycles. The highest BCUT2D eigenvalue weighted by atomic mass is 19.1. The highest BCUT2D eigenvalue weighted by molar-refractivity contribution is 5.99. The molecule has 1 aliphatic carbocycles. The van der Waals surface area contributed by atoms with Crippen molar-refractivity contribution in [2.45, 2.75) is 51.5 Å². The Kier molecular flexibility index (Phi) is 7.87. The van der Waals surface area contributed by atoms with Crippen molar-refractivity contribution < 1.29 is 14.0 Å². The van der Waals surface area contributed by atoms with E-state index in [9.17, 15) is 18.8 Å². The number of nitrogens with two attached hydrogens (primary N) is 2. The van der Waals surface area contributed by atoms with Gasteiger partial charge in [-0.2, -0.15) is 4.98 Å². The summed E-state index contributed by atoms with van der Waals surface area (Å²) in [6, 6.07) is 3.83. The smallest absolute Gasteiger partial charge is 0.267 e. The number of aromatic nitrogens is 2. The molecule has 0 saturated heterocycles. The summed E-state index contributed by atoms with van der Waals surface area (Å²) >= 11 is 0. The second-order valence-corrected chi connectivity index (χ2v) is 8.58. The molecule has 1 aromatic carbocycles. The Labute approximate surface area is 197 Å². The number of primary amides is 1. The van der Waals surface area contributed by atoms with Crippen LogP contribution in [-0.4, -0.2) is 51.9 Å². The van der Waals surface area contributed by atoms with Gasteiger partial charge in [-0.3, -0.25) is 19.4 Å². The van der Waals surface area contributed by atoms with Crippen LogP contribution in [-0.2, 0) is 0 Å². The minimum Gasteiger partial charge on any atom is -0.365 e. The van der Waals surface area contributed by atoms with Crippen LogP contribution in [0.15, 0.2) is 23.0 Å². The Bertz CT molecular complexity index is 1110. The predicted molar refractivity (Wildman–Crippen MR) is 129 cm³/mol. The van der Waals surface area contributed by atoms with Gasteiger partial charge in [-0.15, -0.1) is 0 Å². The van der Waals surface area contributed by atoms with E-state index in [0.29, 0.717) is 19.6 Å². The van der Waals surface area contributed by atoms with Gasteiger partial charge in [0.25, 0.3) is 17.4 Å². The maximum Gasteiger partial charge on any atom is 0.267 e. The van der Waals surface area contributed by atoms with Gasteiger partial charge in [0.05, 0.1) is 5.56 Å². The highest BCUT2D eigenvalue weighted by Gasteiger charge is 2.28. The summed E-state index contributed by atoms with van der Waals surface area (Å²) in [6.07, 6.45) is 4.93. The number of halogens is 1. The fourth-order valence-electron chi connectivity index (χ4n) is 4.15. The summed E-state index contributed by atoms with van der Waals surface area (Å²) in [5.74, 6) is -2.12. The third-order valence-electron chi connectivity index (χ3n) is 6.13. The number of benzene rings is 1. The monoisotopic (exact) mass is 473 g/mol. The highest BCUT2D eigenvalue weighted by Crippen LogP contribution is 2.26. The number of nitrogens with one attached hydrogen (secondary N) is 3. The van der Waals surface area contributed by atoms with E-state index >= 15 is 0 Å². The molecule has 2 amide bonds. The van der Waals surface area contributed by atoms with Crippen molar-refractivity contribution in [1.29, 1.82) is 0 Å². The molecule has 0 atom stereocenters. The first-order valence-corrected chi connectivity index (χ1v) is 11.5. The second-order valence-electron chi connectivity index (χ2n) is 8.58. The molecule has 1 aromatic heterocycles. The molecule has 1 heterocycles. The van der Waals surface area contributed by atoms with E-state index in [1.54, 1.807) is 13.8 Å². The van der Waals surface area contributed by atoms with Crippen molar-refractivity contribution in [2.75, 3.05) is 30.3 Å². The number of carbonyl (C=O) groups is 2. The lowest BCUT2D eigenvalue weighted by atomic mass is 9.82. The first-order valence-electron chi connectivity index (χ1n) is 11.5. The van der Waals surface area contributed by atoms with Crippen molar-refractivity contribution in [3.05, 3.63) is 45.5 Å². The van der Waals surface area contributed by atoms with Crippen molar-refractivity contribution in [3.63, 3.8) is 0 Å². The van der Waals surface area contributed by atoms with Gasteiger partial charge < -0.3 is 27.0 Å². The number of aromatic amines is 1. The summed E-state index contributed by atoms with van der Waals surface area (Å²) in [4.78, 5) is 45.5. The zero-order chi connectivity index (χ0) is 24.9. The van der Waals surface area contributed by atoms with Gasteiger partial charge in [0.2, 0.25) is 5.95 Å². The van der Waals surface area contributed by atoms with Gasteiger partial charge >= 0.3 is 0 Å². The van der Waals surface area contributed by atoms with Crippen LogP contribution in [0.5, 0.6) is 0 Å². The molecular weight excluding hydrogens is 441 g/mol. The number of nitrogens with zero attached hydrogens (tertiary/aromatic N) is 2. The number of rotatable bonds is 9. The Hall–Kier alpha value is -3.47. The predicted octanol–water partition coefficient (Wildman–Crippen LogP) is 2.31. The van der Waals surface area contributed by atoms with Crippen LogP contribution in [0.4, 0.5) is 21.8 Å². The Balaban J connectivity index is 1.91. The average Bonchev–Trinajstić information content (AvgIpc) is 2.80. The number of amides is 2. The van der Waals surface area contributed by atoms with Gasteiger partial charge in [-0.25, -0.2) is 4.39 Å². The second kappa shape index (κ2) is 10.6. The van der Waals surface area contributed by atoms with Crippen molar-refractivity contribution in [1.82, 2.24) is 14.9 Å². The minimum atomic E-state index is -0.980. The molecule has 0 unspecified atom stereocenters. The molecule has 0 bridgehead atoms. The van der Waals surface area contributed by atoms with Crippen LogP contribution < -0.4 is 27.7 Å². The molecule has 2 aromatic rings. The molecule has 1 fully saturated rings. The maximum atomic E-state index is 14.4. The molecule has 11 heteroatoms. The van der Waals surface area contributed by atoms with Crippen LogP contribution >= 0.6 is 0 Å². The lowest BCUT2D eigenvalue weighted by Crippen LogP contribution is -2.48. The van der Waals surface area contributed by atoms with Crippen LogP contribution in [0, 0.1) is 5.82 Å². The molecular formula is C23H32FN7O3. The number of hydrogen-bond donors (Lipinski definition) is 5. The molecule has 10 nitrogen and oxygen atoms in total. The first kappa shape index (κ1) is 25.2. The third kappa shape index (κ3) is 5.71. The first-order chi connectivity index (χ1) is 16.2. The normalized spacial score (nSPS) is 14.9. The standard InChI is InChI=1S/C23H32FN7O3/c1-3-31(4-2)21(34)15-12-14(8-9-16(15)24)28-19-17(18(25)32)20(33)30-22(29-19)27-13-23(26)10-6-5-7-11-23/h8-9,12H,3-7,10-11,13,26H2,1-2H3,(H2,25,32)(H3,27,28,29,30,33). The molecule has 1 saturated carbocycles. The quantitative estimate of drug-likeness (QED) is 0.374. The van der Waals surface area contributed by atoms with E-state index in [0.717, 1.165) is 38.2 Å². The number of anilines is 3. The largest absolute Gasteiger partial charge is 0.365 e. The Morgan fingerprint density at radius 1 is 1.21 bits per heavy atom. The molecule has 1 aliphatic rings. The van der Waals surface area contributed by atoms with Crippen LogP contribution in [0.25, 0.3) is 0 Å². The summed E-state index contributed by atoms with van der Waals surface area (Å²) in [6.45, 7) is 4.84. The summed E-state index contributed by atoms with van der Waals surface area (Å²) in [7, 11) is 0. The fourth-order valence-corrected chi connectivity index (χ4v) is 4.15. The average molecular weight is 474 g/mol. The van der Waals surface area contributed by atoms with Gasteiger partial charge in [-0.1, -0.05) is 19.3 Å². The van der Waals surface area contributed by atoms with E-state index in [1.807, 2.05) is 0 Å². The zero-order valence-corrected chi connectivity index (χ0v) is 19.5. The summed E-state index contributed by atoms with van der Waals surface area (Å²) < 4.78 is 14.4. The molecule has 3 rings (SSSR count). The number of carbonyl (C=O) groups excluding carboxylic acids is 2. The van der Waals surface area contributed by atoms with Gasteiger partial charge in [0.15, 0.2) is 5.82 Å². The summed E-state index contributed by atoms with van der Waals surface area (Å²) in [5.41, 5.74) is 10.5. The van der Waals surface area contributed by atoms with Crippen LogP contribution in [0.1, 0.15) is 66.7 Å². The third-order valence-corrected chi connectivity index (χ3v) is 6.13. The Morgan fingerprint density at radius 3 is 2.50 bits per heavy atom. The topological polar surface area (TPSA) is 159 Å². The van der Waals surface area contributed by atoms with Gasteiger partial charge in [-0.05, 0) is 44.9 Å². The molecule has 0 spiro atoms. The molecule has 34 heavy (non-hydrogen) atoms. The van der Waals surface area contributed by atoms with E-state index < -0.39 is 28.7 Å². The van der Waals surface area contributed by atoms with Crippen molar-refractivity contribution in [2.24, 2.45) is 11.5 Å². The Morgan fingerprint density at radius 2 is 1.88 bits per heavy atom. The molecule has 7 N–H and O–H groups in total.